The maximum absolute atomic E-state index is 12.6. The summed E-state index contributed by atoms with van der Waals surface area (Å²) in [4.78, 5) is 7.61. The van der Waals surface area contributed by atoms with Gasteiger partial charge < -0.3 is 4.98 Å². The van der Waals surface area contributed by atoms with E-state index >= 15 is 0 Å². The summed E-state index contributed by atoms with van der Waals surface area (Å²) in [6.45, 7) is 1.00. The minimum atomic E-state index is -3.46. The fourth-order valence-electron chi connectivity index (χ4n) is 2.65. The molecule has 1 aromatic heterocycles. The molecule has 0 aliphatic carbocycles. The van der Waals surface area contributed by atoms with Crippen molar-refractivity contribution >= 4 is 21.6 Å². The van der Waals surface area contributed by atoms with E-state index in [0.29, 0.717) is 24.0 Å². The summed E-state index contributed by atoms with van der Waals surface area (Å²) in [5, 5.41) is 0.432. The maximum atomic E-state index is 12.6. The van der Waals surface area contributed by atoms with E-state index in [2.05, 4.69) is 9.97 Å². The summed E-state index contributed by atoms with van der Waals surface area (Å²) in [6.07, 6.45) is 5.06. The molecule has 2 aromatic rings. The Balaban J connectivity index is 1.74. The molecule has 0 atom stereocenters. The second kappa shape index (κ2) is 5.79. The van der Waals surface area contributed by atoms with Crippen molar-refractivity contribution in [1.82, 2.24) is 14.3 Å². The van der Waals surface area contributed by atoms with Crippen LogP contribution in [0.15, 0.2) is 41.6 Å². The Morgan fingerprint density at radius 3 is 2.67 bits per heavy atom. The van der Waals surface area contributed by atoms with Gasteiger partial charge in [-0.15, -0.1) is 0 Å². The minimum absolute atomic E-state index is 0.256. The highest BCUT2D eigenvalue weighted by Gasteiger charge is 2.30. The lowest BCUT2D eigenvalue weighted by molar-refractivity contribution is 0.314. The molecule has 0 saturated carbocycles. The number of benzene rings is 1. The predicted molar refractivity (Wildman–Crippen MR) is 80.8 cm³/mol. The van der Waals surface area contributed by atoms with Crippen LogP contribution in [0.25, 0.3) is 0 Å². The first-order valence-electron chi connectivity index (χ1n) is 6.82. The molecule has 2 heterocycles. The van der Waals surface area contributed by atoms with Gasteiger partial charge in [-0.2, -0.15) is 4.31 Å². The van der Waals surface area contributed by atoms with Crippen molar-refractivity contribution in [1.29, 1.82) is 0 Å². The highest BCUT2D eigenvalue weighted by Crippen LogP contribution is 2.29. The topological polar surface area (TPSA) is 66.1 Å². The number of rotatable bonds is 3. The highest BCUT2D eigenvalue weighted by molar-refractivity contribution is 7.89. The van der Waals surface area contributed by atoms with Crippen LogP contribution in [0.2, 0.25) is 5.02 Å². The van der Waals surface area contributed by atoms with Gasteiger partial charge >= 0.3 is 0 Å². The molecule has 0 bridgehead atoms. The average Bonchev–Trinajstić information content (AvgIpc) is 3.02. The molecule has 1 aliphatic heterocycles. The standard InChI is InChI=1S/C14H16ClN3O2S/c15-12-2-1-3-13(10-12)21(19,20)18-8-4-11(5-9-18)14-16-6-7-17-14/h1-3,6-7,10-11H,4-5,8-9H2,(H,16,17). The van der Waals surface area contributed by atoms with E-state index in [-0.39, 0.29) is 4.90 Å². The third-order valence-corrected chi connectivity index (χ3v) is 5.92. The molecular weight excluding hydrogens is 310 g/mol. The molecule has 112 valence electrons. The van der Waals surface area contributed by atoms with E-state index in [1.807, 2.05) is 0 Å². The molecular formula is C14H16ClN3O2S. The number of hydrogen-bond donors (Lipinski definition) is 1. The van der Waals surface area contributed by atoms with Gasteiger partial charge in [-0.25, -0.2) is 13.4 Å². The second-order valence-corrected chi connectivity index (χ2v) is 7.48. The van der Waals surface area contributed by atoms with Gasteiger partial charge in [-0.1, -0.05) is 17.7 Å². The Kier molecular flexibility index (Phi) is 4.01. The van der Waals surface area contributed by atoms with Crippen LogP contribution in [-0.2, 0) is 10.0 Å². The van der Waals surface area contributed by atoms with Gasteiger partial charge in [0.2, 0.25) is 10.0 Å². The zero-order valence-corrected chi connectivity index (χ0v) is 12.9. The van der Waals surface area contributed by atoms with Crippen molar-refractivity contribution in [2.45, 2.75) is 23.7 Å². The third-order valence-electron chi connectivity index (χ3n) is 3.79. The minimum Gasteiger partial charge on any atom is -0.348 e. The predicted octanol–water partition coefficient (Wildman–Crippen LogP) is 2.63. The van der Waals surface area contributed by atoms with Gasteiger partial charge in [-0.05, 0) is 31.0 Å². The Bertz CT molecular complexity index is 708. The number of aromatic nitrogens is 2. The molecule has 21 heavy (non-hydrogen) atoms. The number of nitrogens with one attached hydrogen (secondary N) is 1. The first-order chi connectivity index (χ1) is 10.1. The first kappa shape index (κ1) is 14.6. The zero-order valence-electron chi connectivity index (χ0n) is 11.4. The Labute approximate surface area is 129 Å². The molecule has 0 spiro atoms. The average molecular weight is 326 g/mol. The summed E-state index contributed by atoms with van der Waals surface area (Å²) >= 11 is 5.89. The Morgan fingerprint density at radius 1 is 1.29 bits per heavy atom. The molecule has 0 unspecified atom stereocenters. The summed E-state index contributed by atoms with van der Waals surface area (Å²) in [5.41, 5.74) is 0. The number of halogens is 1. The summed E-state index contributed by atoms with van der Waals surface area (Å²) in [7, 11) is -3.46. The zero-order chi connectivity index (χ0) is 14.9. The summed E-state index contributed by atoms with van der Waals surface area (Å²) in [5.74, 6) is 1.24. The smallest absolute Gasteiger partial charge is 0.243 e. The fraction of sp³-hybridized carbons (Fsp3) is 0.357. The quantitative estimate of drug-likeness (QED) is 0.943. The molecule has 0 radical (unpaired) electrons. The number of imidazole rings is 1. The van der Waals surface area contributed by atoms with Crippen molar-refractivity contribution in [3.8, 4) is 0 Å². The van der Waals surface area contributed by atoms with Crippen molar-refractivity contribution in [3.63, 3.8) is 0 Å². The highest BCUT2D eigenvalue weighted by atomic mass is 35.5. The van der Waals surface area contributed by atoms with Gasteiger partial charge in [-0.3, -0.25) is 0 Å². The van der Waals surface area contributed by atoms with Crippen LogP contribution >= 0.6 is 11.6 Å². The molecule has 1 N–H and O–H groups in total. The largest absolute Gasteiger partial charge is 0.348 e. The number of hydrogen-bond acceptors (Lipinski definition) is 3. The van der Waals surface area contributed by atoms with Crippen LogP contribution < -0.4 is 0 Å². The number of nitrogens with zero attached hydrogens (tertiary/aromatic N) is 2. The summed E-state index contributed by atoms with van der Waals surface area (Å²) in [6, 6.07) is 6.41. The SMILES string of the molecule is O=S(=O)(c1cccc(Cl)c1)N1CCC(c2ncc[nH]2)CC1. The van der Waals surface area contributed by atoms with Crippen LogP contribution in [0, 0.1) is 0 Å². The van der Waals surface area contributed by atoms with Gasteiger partial charge in [0.25, 0.3) is 0 Å². The van der Waals surface area contributed by atoms with Crippen molar-refractivity contribution in [2.24, 2.45) is 0 Å². The molecule has 0 amide bonds. The van der Waals surface area contributed by atoms with E-state index in [9.17, 15) is 8.42 Å². The van der Waals surface area contributed by atoms with E-state index in [4.69, 9.17) is 11.6 Å². The van der Waals surface area contributed by atoms with Crippen LogP contribution in [0.4, 0.5) is 0 Å². The van der Waals surface area contributed by atoms with Crippen molar-refractivity contribution in [3.05, 3.63) is 47.5 Å². The lowest BCUT2D eigenvalue weighted by atomic mass is 9.98. The Hall–Kier alpha value is -1.37. The molecule has 1 aromatic carbocycles. The van der Waals surface area contributed by atoms with Gasteiger partial charge in [0.1, 0.15) is 5.82 Å². The molecule has 1 saturated heterocycles. The summed E-state index contributed by atoms with van der Waals surface area (Å²) < 4.78 is 26.7. The first-order valence-corrected chi connectivity index (χ1v) is 8.64. The Morgan fingerprint density at radius 2 is 2.05 bits per heavy atom. The third kappa shape index (κ3) is 2.97. The van der Waals surface area contributed by atoms with Gasteiger partial charge in [0.15, 0.2) is 0 Å². The lowest BCUT2D eigenvalue weighted by Gasteiger charge is -2.30. The normalized spacial score (nSPS) is 18.0. The number of H-pyrrole nitrogens is 1. The lowest BCUT2D eigenvalue weighted by Crippen LogP contribution is -2.38. The molecule has 3 rings (SSSR count). The van der Waals surface area contributed by atoms with Gasteiger partial charge in [0.05, 0.1) is 4.90 Å². The van der Waals surface area contributed by atoms with E-state index in [0.717, 1.165) is 18.7 Å². The van der Waals surface area contributed by atoms with Crippen LogP contribution in [0.3, 0.4) is 0 Å². The van der Waals surface area contributed by atoms with Crippen LogP contribution in [0.5, 0.6) is 0 Å². The number of aromatic amines is 1. The number of sulfonamides is 1. The molecule has 5 nitrogen and oxygen atoms in total. The van der Waals surface area contributed by atoms with Crippen LogP contribution in [0.1, 0.15) is 24.6 Å². The second-order valence-electron chi connectivity index (χ2n) is 5.11. The van der Waals surface area contributed by atoms with E-state index < -0.39 is 10.0 Å². The molecule has 7 heteroatoms. The van der Waals surface area contributed by atoms with E-state index in [1.165, 1.54) is 10.4 Å². The monoisotopic (exact) mass is 325 g/mol. The number of piperidine rings is 1. The maximum Gasteiger partial charge on any atom is 0.243 e. The van der Waals surface area contributed by atoms with Crippen molar-refractivity contribution < 1.29 is 8.42 Å². The van der Waals surface area contributed by atoms with E-state index in [1.54, 1.807) is 30.6 Å². The van der Waals surface area contributed by atoms with Gasteiger partial charge in [0, 0.05) is 36.4 Å². The molecule has 1 aliphatic rings. The van der Waals surface area contributed by atoms with Crippen LogP contribution in [-0.4, -0.2) is 35.8 Å². The fourth-order valence-corrected chi connectivity index (χ4v) is 4.42. The molecule has 1 fully saturated rings. The van der Waals surface area contributed by atoms with Crippen molar-refractivity contribution in [2.75, 3.05) is 13.1 Å².